The number of hydrogen-bond donors (Lipinski definition) is 0. The van der Waals surface area contributed by atoms with Crippen molar-refractivity contribution in [1.29, 1.82) is 0 Å². The Balaban J connectivity index is 1.97. The molecule has 0 unspecified atom stereocenters. The highest BCUT2D eigenvalue weighted by Crippen LogP contribution is 2.25. The lowest BCUT2D eigenvalue weighted by atomic mass is 10.2. The van der Waals surface area contributed by atoms with E-state index in [1.165, 1.54) is 11.3 Å². The molecule has 0 spiro atoms. The Morgan fingerprint density at radius 2 is 1.94 bits per heavy atom. The summed E-state index contributed by atoms with van der Waals surface area (Å²) in [5, 5.41) is 0.786. The third-order valence-corrected chi connectivity index (χ3v) is 3.25. The third-order valence-electron chi connectivity index (χ3n) is 2.15. The lowest BCUT2D eigenvalue weighted by Gasteiger charge is -2.02. The average Bonchev–Trinajstić information content (AvgIpc) is 2.76. The van der Waals surface area contributed by atoms with Gasteiger partial charge in [0.2, 0.25) is 0 Å². The second-order valence-corrected chi connectivity index (χ2v) is 4.50. The molecule has 1 heterocycles. The van der Waals surface area contributed by atoms with Crippen LogP contribution in [0.2, 0.25) is 0 Å². The molecule has 0 fully saturated rings. The zero-order valence-electron chi connectivity index (χ0n) is 8.97. The molecule has 1 aromatic carbocycles. The Bertz CT molecular complexity index is 474. The van der Waals surface area contributed by atoms with E-state index in [4.69, 9.17) is 4.74 Å². The summed E-state index contributed by atoms with van der Waals surface area (Å²) in [6.07, 6.45) is 0. The van der Waals surface area contributed by atoms with Gasteiger partial charge >= 0.3 is 0 Å². The van der Waals surface area contributed by atoms with Gasteiger partial charge in [0.15, 0.2) is 10.8 Å². The third kappa shape index (κ3) is 2.70. The average molecular weight is 232 g/mol. The highest BCUT2D eigenvalue weighted by molar-refractivity contribution is 7.15. The van der Waals surface area contributed by atoms with Gasteiger partial charge in [-0.25, -0.2) is 0 Å². The number of Topliss-reactive ketones (excluding diaryl/α,β-unsaturated/α-hetero) is 1. The van der Waals surface area contributed by atoms with E-state index >= 15 is 0 Å². The van der Waals surface area contributed by atoms with Gasteiger partial charge in [0.1, 0.15) is 6.61 Å². The van der Waals surface area contributed by atoms with Gasteiger partial charge in [-0.1, -0.05) is 41.7 Å². The van der Waals surface area contributed by atoms with Crippen LogP contribution in [0.5, 0.6) is 5.06 Å². The highest BCUT2D eigenvalue weighted by atomic mass is 32.1. The summed E-state index contributed by atoms with van der Waals surface area (Å²) >= 11 is 1.39. The van der Waals surface area contributed by atoms with Gasteiger partial charge in [0, 0.05) is 0 Å². The van der Waals surface area contributed by atoms with Crippen LogP contribution in [0.25, 0.3) is 0 Å². The van der Waals surface area contributed by atoms with Crippen LogP contribution in [0.3, 0.4) is 0 Å². The monoisotopic (exact) mass is 232 g/mol. The van der Waals surface area contributed by atoms with Crippen LogP contribution in [0, 0.1) is 0 Å². The summed E-state index contributed by atoms with van der Waals surface area (Å²) in [5.41, 5.74) is 1.13. The van der Waals surface area contributed by atoms with Gasteiger partial charge in [0.25, 0.3) is 0 Å². The van der Waals surface area contributed by atoms with Crippen LogP contribution in [0.4, 0.5) is 0 Å². The van der Waals surface area contributed by atoms with Gasteiger partial charge in [-0.15, -0.1) is 0 Å². The first kappa shape index (κ1) is 10.9. The minimum Gasteiger partial charge on any atom is -0.479 e. The van der Waals surface area contributed by atoms with E-state index in [1.807, 2.05) is 36.4 Å². The second kappa shape index (κ2) is 4.94. The summed E-state index contributed by atoms with van der Waals surface area (Å²) in [7, 11) is 0. The molecule has 2 aromatic rings. The fourth-order valence-corrected chi connectivity index (χ4v) is 2.07. The van der Waals surface area contributed by atoms with Crippen molar-refractivity contribution in [3.8, 4) is 5.06 Å². The summed E-state index contributed by atoms with van der Waals surface area (Å²) < 4.78 is 5.59. The lowest BCUT2D eigenvalue weighted by Crippen LogP contribution is -1.92. The largest absolute Gasteiger partial charge is 0.479 e. The van der Waals surface area contributed by atoms with Crippen LogP contribution in [0.15, 0.2) is 42.5 Å². The predicted molar refractivity (Wildman–Crippen MR) is 65.1 cm³/mol. The number of carbonyl (C=O) groups is 1. The number of hydrogen-bond acceptors (Lipinski definition) is 3. The van der Waals surface area contributed by atoms with Gasteiger partial charge < -0.3 is 4.74 Å². The van der Waals surface area contributed by atoms with E-state index in [0.717, 1.165) is 15.5 Å². The zero-order valence-corrected chi connectivity index (χ0v) is 9.79. The van der Waals surface area contributed by atoms with E-state index in [1.54, 1.807) is 13.0 Å². The number of ketones is 1. The van der Waals surface area contributed by atoms with Crippen molar-refractivity contribution in [3.63, 3.8) is 0 Å². The molecule has 0 N–H and O–H groups in total. The molecule has 0 aliphatic heterocycles. The van der Waals surface area contributed by atoms with Crippen LogP contribution in [-0.4, -0.2) is 5.78 Å². The molecule has 2 rings (SSSR count). The molecule has 0 amide bonds. The topological polar surface area (TPSA) is 26.3 Å². The molecule has 3 heteroatoms. The van der Waals surface area contributed by atoms with E-state index < -0.39 is 0 Å². The first-order chi connectivity index (χ1) is 7.75. The molecule has 0 bridgehead atoms. The number of benzene rings is 1. The van der Waals surface area contributed by atoms with Crippen LogP contribution < -0.4 is 4.74 Å². The van der Waals surface area contributed by atoms with Crippen molar-refractivity contribution >= 4 is 17.1 Å². The van der Waals surface area contributed by atoms with Gasteiger partial charge in [-0.2, -0.15) is 0 Å². The van der Waals surface area contributed by atoms with E-state index in [9.17, 15) is 4.79 Å². The first-order valence-electron chi connectivity index (χ1n) is 5.03. The number of carbonyl (C=O) groups excluding carboxylic acids is 1. The van der Waals surface area contributed by atoms with Crippen molar-refractivity contribution in [3.05, 3.63) is 52.9 Å². The highest BCUT2D eigenvalue weighted by Gasteiger charge is 2.04. The van der Waals surface area contributed by atoms with Crippen molar-refractivity contribution in [2.75, 3.05) is 0 Å². The van der Waals surface area contributed by atoms with Gasteiger partial charge in [-0.3, -0.25) is 4.79 Å². The Hall–Kier alpha value is -1.61. The number of thiophene rings is 1. The fourth-order valence-electron chi connectivity index (χ4n) is 1.32. The van der Waals surface area contributed by atoms with E-state index in [2.05, 4.69) is 0 Å². The lowest BCUT2D eigenvalue weighted by molar-refractivity contribution is 0.102. The van der Waals surface area contributed by atoms with Crippen molar-refractivity contribution < 1.29 is 9.53 Å². The second-order valence-electron chi connectivity index (χ2n) is 3.45. The quantitative estimate of drug-likeness (QED) is 0.754. The summed E-state index contributed by atoms with van der Waals surface area (Å²) in [6, 6.07) is 13.6. The Morgan fingerprint density at radius 1 is 1.19 bits per heavy atom. The molecular weight excluding hydrogens is 220 g/mol. The summed E-state index contributed by atoms with van der Waals surface area (Å²) in [6.45, 7) is 2.10. The van der Waals surface area contributed by atoms with Crippen LogP contribution in [0.1, 0.15) is 22.2 Å². The van der Waals surface area contributed by atoms with Crippen molar-refractivity contribution in [1.82, 2.24) is 0 Å². The maximum atomic E-state index is 11.1. The molecule has 0 aliphatic rings. The molecule has 1 aromatic heterocycles. The maximum Gasteiger partial charge on any atom is 0.174 e. The molecule has 0 atom stereocenters. The van der Waals surface area contributed by atoms with Crippen LogP contribution in [-0.2, 0) is 6.61 Å². The van der Waals surface area contributed by atoms with Crippen molar-refractivity contribution in [2.45, 2.75) is 13.5 Å². The Morgan fingerprint density at radius 3 is 2.56 bits per heavy atom. The molecule has 0 aliphatic carbocycles. The standard InChI is InChI=1S/C13H12O2S/c1-10(14)12-7-8-13(16-12)15-9-11-5-3-2-4-6-11/h2-8H,9H2,1H3. The molecule has 0 radical (unpaired) electrons. The molecule has 16 heavy (non-hydrogen) atoms. The Labute approximate surface area is 98.5 Å². The maximum absolute atomic E-state index is 11.1. The van der Waals surface area contributed by atoms with Gasteiger partial charge in [-0.05, 0) is 24.6 Å². The minimum atomic E-state index is 0.0829. The smallest absolute Gasteiger partial charge is 0.174 e. The summed E-state index contributed by atoms with van der Waals surface area (Å²) in [4.78, 5) is 11.8. The fraction of sp³-hybridized carbons (Fsp3) is 0.154. The first-order valence-corrected chi connectivity index (χ1v) is 5.85. The molecule has 0 saturated heterocycles. The Kier molecular flexibility index (Phi) is 3.37. The normalized spacial score (nSPS) is 10.1. The van der Waals surface area contributed by atoms with E-state index in [0.29, 0.717) is 6.61 Å². The zero-order chi connectivity index (χ0) is 11.4. The predicted octanol–water partition coefficient (Wildman–Crippen LogP) is 3.53. The summed E-state index contributed by atoms with van der Waals surface area (Å²) in [5.74, 6) is 0.0829. The van der Waals surface area contributed by atoms with Crippen molar-refractivity contribution in [2.24, 2.45) is 0 Å². The molecule has 0 saturated carbocycles. The number of ether oxygens (including phenoxy) is 1. The van der Waals surface area contributed by atoms with E-state index in [-0.39, 0.29) is 5.78 Å². The number of rotatable bonds is 4. The minimum absolute atomic E-state index is 0.0829. The van der Waals surface area contributed by atoms with Crippen LogP contribution >= 0.6 is 11.3 Å². The molecule has 82 valence electrons. The molecule has 2 nitrogen and oxygen atoms in total. The van der Waals surface area contributed by atoms with Gasteiger partial charge in [0.05, 0.1) is 4.88 Å². The SMILES string of the molecule is CC(=O)c1ccc(OCc2ccccc2)s1. The molecular formula is C13H12O2S.